The summed E-state index contributed by atoms with van der Waals surface area (Å²) in [7, 11) is 0. The third kappa shape index (κ3) is 2.21. The number of thiazole rings is 1. The fraction of sp³-hybridized carbons (Fsp3) is 0.0625. The molecular formula is C16H12N2O2S. The molecule has 0 spiro atoms. The summed E-state index contributed by atoms with van der Waals surface area (Å²) in [5.74, 6) is 0.625. The number of nitrogens with zero attached hydrogens (tertiary/aromatic N) is 2. The molecule has 0 saturated heterocycles. The quantitative estimate of drug-likeness (QED) is 0.625. The first-order valence-corrected chi connectivity index (χ1v) is 7.43. The van der Waals surface area contributed by atoms with Crippen LogP contribution in [-0.2, 0) is 6.61 Å². The van der Waals surface area contributed by atoms with Crippen LogP contribution >= 0.6 is 11.3 Å². The van der Waals surface area contributed by atoms with Gasteiger partial charge in [0.15, 0.2) is 16.5 Å². The molecule has 104 valence electrons. The molecule has 0 radical (unpaired) electrons. The highest BCUT2D eigenvalue weighted by Crippen LogP contribution is 2.31. The van der Waals surface area contributed by atoms with Crippen molar-refractivity contribution in [3.05, 3.63) is 59.9 Å². The summed E-state index contributed by atoms with van der Waals surface area (Å²) in [5.41, 5.74) is 0.842. The minimum absolute atomic E-state index is 0.148. The van der Waals surface area contributed by atoms with Gasteiger partial charge >= 0.3 is 0 Å². The summed E-state index contributed by atoms with van der Waals surface area (Å²) in [6.07, 6.45) is 3.90. The van der Waals surface area contributed by atoms with Crippen molar-refractivity contribution >= 4 is 27.1 Å². The molecule has 0 aliphatic heterocycles. The standard InChI is InChI=1S/C16H12N2O2S/c19-14-7-11-3-1-2-4-12(11)8-15(14)20-10-13-9-18-5-6-21-16(18)17-13/h1-9,19H,10H2. The molecule has 0 atom stereocenters. The van der Waals surface area contributed by atoms with Gasteiger partial charge in [-0.1, -0.05) is 24.3 Å². The van der Waals surface area contributed by atoms with Crippen LogP contribution in [0.5, 0.6) is 11.5 Å². The molecule has 2 aromatic carbocycles. The van der Waals surface area contributed by atoms with Gasteiger partial charge in [0.25, 0.3) is 0 Å². The molecular weight excluding hydrogens is 284 g/mol. The van der Waals surface area contributed by atoms with E-state index in [0.717, 1.165) is 21.4 Å². The second-order valence-electron chi connectivity index (χ2n) is 4.78. The topological polar surface area (TPSA) is 46.8 Å². The third-order valence-corrected chi connectivity index (χ3v) is 4.12. The largest absolute Gasteiger partial charge is 0.504 e. The average molecular weight is 296 g/mol. The van der Waals surface area contributed by atoms with E-state index in [0.29, 0.717) is 12.4 Å². The van der Waals surface area contributed by atoms with Gasteiger partial charge in [0.1, 0.15) is 6.61 Å². The van der Waals surface area contributed by atoms with Gasteiger partial charge in [0.2, 0.25) is 0 Å². The molecule has 4 rings (SSSR count). The van der Waals surface area contributed by atoms with E-state index in [1.54, 1.807) is 17.4 Å². The second kappa shape index (κ2) is 4.79. The Morgan fingerprint density at radius 1 is 1.19 bits per heavy atom. The van der Waals surface area contributed by atoms with Crippen molar-refractivity contribution < 1.29 is 9.84 Å². The number of rotatable bonds is 3. The molecule has 0 fully saturated rings. The number of aromatic nitrogens is 2. The SMILES string of the molecule is Oc1cc2ccccc2cc1OCc1cn2ccsc2n1. The Labute approximate surface area is 124 Å². The Bertz CT molecular complexity index is 898. The van der Waals surface area contributed by atoms with Crippen LogP contribution in [0, 0.1) is 0 Å². The maximum atomic E-state index is 10.0. The van der Waals surface area contributed by atoms with Gasteiger partial charge in [-0.05, 0) is 22.9 Å². The molecule has 0 unspecified atom stereocenters. The molecule has 0 amide bonds. The van der Waals surface area contributed by atoms with Crippen molar-refractivity contribution in [1.82, 2.24) is 9.38 Å². The fourth-order valence-corrected chi connectivity index (χ4v) is 3.04. The molecule has 1 N–H and O–H groups in total. The van der Waals surface area contributed by atoms with E-state index in [1.807, 2.05) is 52.5 Å². The minimum atomic E-state index is 0.148. The zero-order valence-corrected chi connectivity index (χ0v) is 11.9. The van der Waals surface area contributed by atoms with Gasteiger partial charge in [-0.3, -0.25) is 4.40 Å². The lowest BCUT2D eigenvalue weighted by molar-refractivity contribution is 0.286. The number of fused-ring (bicyclic) bond motifs is 2. The van der Waals surface area contributed by atoms with Crippen LogP contribution in [0.3, 0.4) is 0 Å². The summed E-state index contributed by atoms with van der Waals surface area (Å²) in [6, 6.07) is 11.4. The average Bonchev–Trinajstić information content (AvgIpc) is 3.06. The maximum absolute atomic E-state index is 10.0. The van der Waals surface area contributed by atoms with E-state index < -0.39 is 0 Å². The predicted molar refractivity (Wildman–Crippen MR) is 83.0 cm³/mol. The number of benzene rings is 2. The highest BCUT2D eigenvalue weighted by atomic mass is 32.1. The van der Waals surface area contributed by atoms with E-state index in [2.05, 4.69) is 4.98 Å². The third-order valence-electron chi connectivity index (χ3n) is 3.35. The smallest absolute Gasteiger partial charge is 0.193 e. The van der Waals surface area contributed by atoms with E-state index in [1.165, 1.54) is 0 Å². The van der Waals surface area contributed by atoms with E-state index in [4.69, 9.17) is 4.74 Å². The van der Waals surface area contributed by atoms with Gasteiger partial charge in [0.05, 0.1) is 5.69 Å². The second-order valence-corrected chi connectivity index (χ2v) is 5.65. The zero-order valence-electron chi connectivity index (χ0n) is 11.1. The van der Waals surface area contributed by atoms with Gasteiger partial charge in [0, 0.05) is 17.8 Å². The summed E-state index contributed by atoms with van der Waals surface area (Å²) in [6.45, 7) is 0.334. The highest BCUT2D eigenvalue weighted by molar-refractivity contribution is 7.15. The van der Waals surface area contributed by atoms with Crippen LogP contribution in [0.15, 0.2) is 54.2 Å². The molecule has 2 aromatic heterocycles. The van der Waals surface area contributed by atoms with Crippen molar-refractivity contribution in [2.75, 3.05) is 0 Å². The first-order chi connectivity index (χ1) is 10.3. The Hall–Kier alpha value is -2.53. The lowest BCUT2D eigenvalue weighted by Crippen LogP contribution is -1.96. The molecule has 4 aromatic rings. The predicted octanol–water partition coefficient (Wildman–Crippen LogP) is 3.83. The van der Waals surface area contributed by atoms with Crippen LogP contribution < -0.4 is 4.74 Å². The van der Waals surface area contributed by atoms with Gasteiger partial charge in [-0.25, -0.2) is 4.98 Å². The zero-order chi connectivity index (χ0) is 14.2. The summed E-state index contributed by atoms with van der Waals surface area (Å²) in [5, 5.41) is 14.1. The maximum Gasteiger partial charge on any atom is 0.193 e. The Morgan fingerprint density at radius 2 is 2.00 bits per heavy atom. The molecule has 0 aliphatic carbocycles. The Kier molecular flexibility index (Phi) is 2.79. The number of ether oxygens (including phenoxy) is 1. The molecule has 2 heterocycles. The first kappa shape index (κ1) is 12.2. The monoisotopic (exact) mass is 296 g/mol. The van der Waals surface area contributed by atoms with Crippen LogP contribution in [0.25, 0.3) is 15.7 Å². The molecule has 4 nitrogen and oxygen atoms in total. The van der Waals surface area contributed by atoms with Crippen molar-refractivity contribution in [2.45, 2.75) is 6.61 Å². The lowest BCUT2D eigenvalue weighted by Gasteiger charge is -2.08. The number of aromatic hydroxyl groups is 1. The number of hydrogen-bond donors (Lipinski definition) is 1. The fourth-order valence-electron chi connectivity index (χ4n) is 2.32. The van der Waals surface area contributed by atoms with Crippen LogP contribution in [0.2, 0.25) is 0 Å². The van der Waals surface area contributed by atoms with Crippen LogP contribution in [0.4, 0.5) is 0 Å². The highest BCUT2D eigenvalue weighted by Gasteiger charge is 2.07. The number of phenolic OH excluding ortho intramolecular Hbond substituents is 1. The van der Waals surface area contributed by atoms with Crippen molar-refractivity contribution in [3.63, 3.8) is 0 Å². The van der Waals surface area contributed by atoms with Gasteiger partial charge < -0.3 is 9.84 Å². The molecule has 5 heteroatoms. The summed E-state index contributed by atoms with van der Waals surface area (Å²) < 4.78 is 7.67. The molecule has 0 saturated carbocycles. The van der Waals surface area contributed by atoms with Crippen molar-refractivity contribution in [2.24, 2.45) is 0 Å². The van der Waals surface area contributed by atoms with Gasteiger partial charge in [-0.2, -0.15) is 0 Å². The first-order valence-electron chi connectivity index (χ1n) is 6.55. The number of phenols is 1. The molecule has 0 aliphatic rings. The Balaban J connectivity index is 1.61. The minimum Gasteiger partial charge on any atom is -0.504 e. The van der Waals surface area contributed by atoms with Crippen LogP contribution in [0.1, 0.15) is 5.69 Å². The normalized spacial score (nSPS) is 11.2. The molecule has 21 heavy (non-hydrogen) atoms. The summed E-state index contributed by atoms with van der Waals surface area (Å²) >= 11 is 1.58. The lowest BCUT2D eigenvalue weighted by atomic mass is 10.1. The van der Waals surface area contributed by atoms with Gasteiger partial charge in [-0.15, -0.1) is 11.3 Å². The van der Waals surface area contributed by atoms with E-state index in [-0.39, 0.29) is 5.75 Å². The number of imidazole rings is 1. The summed E-state index contributed by atoms with van der Waals surface area (Å²) in [4.78, 5) is 5.40. The van der Waals surface area contributed by atoms with Crippen molar-refractivity contribution in [1.29, 1.82) is 0 Å². The van der Waals surface area contributed by atoms with E-state index >= 15 is 0 Å². The Morgan fingerprint density at radius 3 is 2.81 bits per heavy atom. The van der Waals surface area contributed by atoms with E-state index in [9.17, 15) is 5.11 Å². The van der Waals surface area contributed by atoms with Crippen molar-refractivity contribution in [3.8, 4) is 11.5 Å². The number of hydrogen-bond acceptors (Lipinski definition) is 4. The van der Waals surface area contributed by atoms with Crippen LogP contribution in [-0.4, -0.2) is 14.5 Å². The molecule has 0 bridgehead atoms.